The second-order valence-electron chi connectivity index (χ2n) is 2.30. The van der Waals surface area contributed by atoms with Gasteiger partial charge in [0.25, 0.3) is 0 Å². The van der Waals surface area contributed by atoms with Gasteiger partial charge in [-0.1, -0.05) is 6.92 Å². The summed E-state index contributed by atoms with van der Waals surface area (Å²) in [6.45, 7) is 6.18. The van der Waals surface area contributed by atoms with Gasteiger partial charge in [0.05, 0.1) is 6.10 Å². The van der Waals surface area contributed by atoms with Gasteiger partial charge < -0.3 is 9.84 Å². The minimum Gasteiger partial charge on any atom is -0.481 e. The van der Waals surface area contributed by atoms with E-state index >= 15 is 0 Å². The summed E-state index contributed by atoms with van der Waals surface area (Å²) < 4.78 is 5.22. The molecule has 0 aliphatic carbocycles. The highest BCUT2D eigenvalue weighted by Crippen LogP contribution is 2.05. The number of carbonyl (C=O) groups is 1. The molecule has 3 heteroatoms. The molecule has 0 aliphatic rings. The largest absolute Gasteiger partial charge is 0.481 e. The number of hydrogen-bond donors (Lipinski definition) is 1. The fourth-order valence-electron chi connectivity index (χ4n) is 0.831. The van der Waals surface area contributed by atoms with Crippen molar-refractivity contribution >= 4 is 5.97 Å². The Morgan fingerprint density at radius 3 is 2.73 bits per heavy atom. The van der Waals surface area contributed by atoms with Gasteiger partial charge in [-0.15, -0.1) is 0 Å². The molecule has 0 heterocycles. The first-order chi connectivity index (χ1) is 5.20. The van der Waals surface area contributed by atoms with Crippen LogP contribution in [0.15, 0.2) is 0 Å². The van der Waals surface area contributed by atoms with Crippen LogP contribution >= 0.6 is 0 Å². The molecule has 1 N–H and O–H groups in total. The maximum Gasteiger partial charge on any atom is 0.303 e. The molecule has 0 bridgehead atoms. The van der Waals surface area contributed by atoms with E-state index in [2.05, 4.69) is 6.92 Å². The summed E-state index contributed by atoms with van der Waals surface area (Å²) in [7, 11) is 0. The Hall–Kier alpha value is -0.570. The highest BCUT2D eigenvalue weighted by Gasteiger charge is 2.07. The SMILES string of the molecule is [CH2]CC(CCC(=O)O)OCC. The van der Waals surface area contributed by atoms with E-state index in [4.69, 9.17) is 9.84 Å². The van der Waals surface area contributed by atoms with Crippen molar-refractivity contribution in [3.8, 4) is 0 Å². The lowest BCUT2D eigenvalue weighted by molar-refractivity contribution is -0.137. The van der Waals surface area contributed by atoms with Crippen molar-refractivity contribution in [3.05, 3.63) is 6.92 Å². The quantitative estimate of drug-likeness (QED) is 0.638. The van der Waals surface area contributed by atoms with E-state index in [1.54, 1.807) is 0 Å². The molecule has 0 aromatic rings. The molecule has 0 fully saturated rings. The molecule has 0 aromatic carbocycles. The molecule has 0 aliphatic heterocycles. The average Bonchev–Trinajstić information content (AvgIpc) is 1.97. The van der Waals surface area contributed by atoms with Crippen molar-refractivity contribution in [2.24, 2.45) is 0 Å². The summed E-state index contributed by atoms with van der Waals surface area (Å²) >= 11 is 0. The van der Waals surface area contributed by atoms with E-state index in [-0.39, 0.29) is 12.5 Å². The topological polar surface area (TPSA) is 46.5 Å². The highest BCUT2D eigenvalue weighted by atomic mass is 16.5. The van der Waals surface area contributed by atoms with E-state index in [9.17, 15) is 4.79 Å². The Labute approximate surface area is 67.4 Å². The molecule has 1 atom stereocenters. The van der Waals surface area contributed by atoms with Crippen molar-refractivity contribution in [3.63, 3.8) is 0 Å². The molecule has 0 rings (SSSR count). The van der Waals surface area contributed by atoms with Crippen LogP contribution in [0.25, 0.3) is 0 Å². The Bertz CT molecular complexity index is 112. The molecule has 0 spiro atoms. The standard InChI is InChI=1S/C8H15O3/c1-3-7(11-4-2)5-6-8(9)10/h7H,1,3-6H2,2H3,(H,9,10). The number of carboxylic acids is 1. The first kappa shape index (κ1) is 10.4. The second-order valence-corrected chi connectivity index (χ2v) is 2.30. The molecule has 0 saturated heterocycles. The summed E-state index contributed by atoms with van der Waals surface area (Å²) in [6.07, 6.45) is 1.38. The Kier molecular flexibility index (Phi) is 5.84. The third kappa shape index (κ3) is 5.85. The van der Waals surface area contributed by atoms with Crippen molar-refractivity contribution < 1.29 is 14.6 Å². The molecule has 11 heavy (non-hydrogen) atoms. The monoisotopic (exact) mass is 159 g/mol. The lowest BCUT2D eigenvalue weighted by Gasteiger charge is -2.12. The van der Waals surface area contributed by atoms with Crippen LogP contribution in [0.2, 0.25) is 0 Å². The normalized spacial score (nSPS) is 12.9. The van der Waals surface area contributed by atoms with Gasteiger partial charge in [-0.2, -0.15) is 0 Å². The average molecular weight is 159 g/mol. The van der Waals surface area contributed by atoms with Gasteiger partial charge >= 0.3 is 5.97 Å². The first-order valence-corrected chi connectivity index (χ1v) is 3.83. The summed E-state index contributed by atoms with van der Waals surface area (Å²) in [6, 6.07) is 0. The molecular formula is C8H15O3. The number of carboxylic acid groups (broad SMARTS) is 1. The summed E-state index contributed by atoms with van der Waals surface area (Å²) in [5.41, 5.74) is 0. The summed E-state index contributed by atoms with van der Waals surface area (Å²) in [4.78, 5) is 10.1. The number of hydrogen-bond acceptors (Lipinski definition) is 2. The van der Waals surface area contributed by atoms with Crippen molar-refractivity contribution in [1.29, 1.82) is 0 Å². The molecule has 65 valence electrons. The van der Waals surface area contributed by atoms with Crippen molar-refractivity contribution in [1.82, 2.24) is 0 Å². The zero-order valence-electron chi connectivity index (χ0n) is 6.88. The Morgan fingerprint density at radius 2 is 2.36 bits per heavy atom. The molecule has 0 aromatic heterocycles. The third-order valence-corrected chi connectivity index (χ3v) is 1.40. The molecule has 1 radical (unpaired) electrons. The van der Waals surface area contributed by atoms with Crippen LogP contribution in [0, 0.1) is 6.92 Å². The zero-order chi connectivity index (χ0) is 8.69. The minimum absolute atomic E-state index is 0.0103. The Morgan fingerprint density at radius 1 is 1.73 bits per heavy atom. The molecule has 3 nitrogen and oxygen atoms in total. The maximum absolute atomic E-state index is 10.1. The van der Waals surface area contributed by atoms with Crippen LogP contribution in [0.5, 0.6) is 0 Å². The van der Waals surface area contributed by atoms with Crippen LogP contribution in [0.1, 0.15) is 26.2 Å². The van der Waals surface area contributed by atoms with Gasteiger partial charge in [-0.25, -0.2) is 0 Å². The van der Waals surface area contributed by atoms with Gasteiger partial charge in [0.2, 0.25) is 0 Å². The van der Waals surface area contributed by atoms with Crippen LogP contribution in [-0.2, 0) is 9.53 Å². The summed E-state index contributed by atoms with van der Waals surface area (Å²) in [5, 5.41) is 8.35. The van der Waals surface area contributed by atoms with Crippen LogP contribution in [0.4, 0.5) is 0 Å². The second kappa shape index (κ2) is 6.16. The van der Waals surface area contributed by atoms with Crippen molar-refractivity contribution in [2.45, 2.75) is 32.3 Å². The van der Waals surface area contributed by atoms with E-state index in [1.165, 1.54) is 0 Å². The molecule has 0 saturated carbocycles. The summed E-state index contributed by atoms with van der Waals surface area (Å²) in [5.74, 6) is -0.775. The lowest BCUT2D eigenvalue weighted by Crippen LogP contribution is -2.13. The predicted molar refractivity (Wildman–Crippen MR) is 42.3 cm³/mol. The highest BCUT2D eigenvalue weighted by molar-refractivity contribution is 5.66. The van der Waals surface area contributed by atoms with Gasteiger partial charge in [0, 0.05) is 13.0 Å². The lowest BCUT2D eigenvalue weighted by atomic mass is 10.1. The van der Waals surface area contributed by atoms with Gasteiger partial charge in [0.15, 0.2) is 0 Å². The van der Waals surface area contributed by atoms with E-state index in [1.807, 2.05) is 6.92 Å². The van der Waals surface area contributed by atoms with E-state index < -0.39 is 5.97 Å². The van der Waals surface area contributed by atoms with E-state index in [0.29, 0.717) is 19.4 Å². The zero-order valence-corrected chi connectivity index (χ0v) is 6.88. The Balaban J connectivity index is 3.43. The van der Waals surface area contributed by atoms with Gasteiger partial charge in [-0.3, -0.25) is 4.79 Å². The van der Waals surface area contributed by atoms with Crippen LogP contribution in [0.3, 0.4) is 0 Å². The molecular weight excluding hydrogens is 144 g/mol. The van der Waals surface area contributed by atoms with Gasteiger partial charge in [0.1, 0.15) is 0 Å². The van der Waals surface area contributed by atoms with Crippen LogP contribution < -0.4 is 0 Å². The molecule has 0 amide bonds. The number of aliphatic carboxylic acids is 1. The van der Waals surface area contributed by atoms with Gasteiger partial charge in [-0.05, 0) is 19.8 Å². The number of ether oxygens (including phenoxy) is 1. The maximum atomic E-state index is 10.1. The predicted octanol–water partition coefficient (Wildman–Crippen LogP) is 1.48. The van der Waals surface area contributed by atoms with Crippen molar-refractivity contribution in [2.75, 3.05) is 6.61 Å². The van der Waals surface area contributed by atoms with E-state index in [0.717, 1.165) is 0 Å². The minimum atomic E-state index is -0.775. The third-order valence-electron chi connectivity index (χ3n) is 1.40. The first-order valence-electron chi connectivity index (χ1n) is 3.83. The smallest absolute Gasteiger partial charge is 0.303 e. The van der Waals surface area contributed by atoms with Crippen LogP contribution in [-0.4, -0.2) is 23.8 Å². The number of rotatable bonds is 6. The fourth-order valence-corrected chi connectivity index (χ4v) is 0.831. The molecule has 1 unspecified atom stereocenters. The fraction of sp³-hybridized carbons (Fsp3) is 0.750.